The fourth-order valence-electron chi connectivity index (χ4n) is 6.90. The Morgan fingerprint density at radius 3 is 0.925 bits per heavy atom. The lowest BCUT2D eigenvalue weighted by molar-refractivity contribution is -0.138. The molecular formula is C32H18N4O4. The zero-order valence-corrected chi connectivity index (χ0v) is 20.8. The predicted molar refractivity (Wildman–Crippen MR) is 147 cm³/mol. The molecular weight excluding hydrogens is 504 g/mol. The van der Waals surface area contributed by atoms with Gasteiger partial charge >= 0.3 is 0 Å². The Balaban J connectivity index is 1.34. The molecule has 0 amide bonds. The summed E-state index contributed by atoms with van der Waals surface area (Å²) in [6, 6.07) is 15.2. The second-order valence-electron chi connectivity index (χ2n) is 10.9. The van der Waals surface area contributed by atoms with Crippen LogP contribution in [0.3, 0.4) is 0 Å². The first-order valence-electron chi connectivity index (χ1n) is 13.2. The molecule has 5 heterocycles. The molecule has 3 aromatic rings. The van der Waals surface area contributed by atoms with Gasteiger partial charge < -0.3 is 9.97 Å². The van der Waals surface area contributed by atoms with Crippen LogP contribution in [-0.2, 0) is 19.2 Å². The van der Waals surface area contributed by atoms with Crippen molar-refractivity contribution in [2.75, 3.05) is 0 Å². The molecule has 40 heavy (non-hydrogen) atoms. The van der Waals surface area contributed by atoms with Crippen LogP contribution in [0.2, 0.25) is 0 Å². The quantitative estimate of drug-likeness (QED) is 0.339. The first kappa shape index (κ1) is 21.7. The van der Waals surface area contributed by atoms with Crippen molar-refractivity contribution in [3.05, 3.63) is 95.6 Å². The topological polar surface area (TPSA) is 126 Å². The Morgan fingerprint density at radius 1 is 0.425 bits per heavy atom. The van der Waals surface area contributed by atoms with E-state index >= 15 is 0 Å². The molecule has 0 spiro atoms. The van der Waals surface area contributed by atoms with Gasteiger partial charge in [-0.15, -0.1) is 0 Å². The van der Waals surface area contributed by atoms with Crippen LogP contribution in [0.5, 0.6) is 0 Å². The van der Waals surface area contributed by atoms with Gasteiger partial charge in [-0.1, -0.05) is 24.3 Å². The minimum absolute atomic E-state index is 0.393. The summed E-state index contributed by atoms with van der Waals surface area (Å²) in [5.41, 5.74) is 8.84. The van der Waals surface area contributed by atoms with E-state index in [1.54, 1.807) is 0 Å². The molecule has 2 N–H and O–H groups in total. The van der Waals surface area contributed by atoms with Gasteiger partial charge in [0, 0.05) is 22.1 Å². The van der Waals surface area contributed by atoms with Crippen LogP contribution in [0, 0.1) is 23.7 Å². The number of nitrogens with zero attached hydrogens (tertiary/aromatic N) is 2. The van der Waals surface area contributed by atoms with Gasteiger partial charge in [-0.05, 0) is 70.8 Å². The summed E-state index contributed by atoms with van der Waals surface area (Å²) in [5, 5.41) is 0. The van der Waals surface area contributed by atoms with Gasteiger partial charge in [0.15, 0.2) is 0 Å². The highest BCUT2D eigenvalue weighted by Crippen LogP contribution is 2.50. The van der Waals surface area contributed by atoms with E-state index < -0.39 is 46.8 Å². The molecule has 0 radical (unpaired) electrons. The average molecular weight is 523 g/mol. The van der Waals surface area contributed by atoms with Crippen molar-refractivity contribution in [1.29, 1.82) is 0 Å². The van der Waals surface area contributed by atoms with Crippen LogP contribution in [0.1, 0.15) is 22.8 Å². The maximum atomic E-state index is 12.8. The standard InChI is InChI=1S/C32H18N4O4/c37-29-17-5-6-19(31(29)39)27-23-11-15-3-4-16(34-15)12-24-28-20-8-7-18(30(38)32(20)40)26(28)22(36-24)10-14-2-1-13(33-14)9-21(35-23)25(17)27/h1-12,17-20,33-34H/t17-,18-,19-,20-/m0/s1. The van der Waals surface area contributed by atoms with Gasteiger partial charge in [0.05, 0.1) is 46.4 Å². The largest absolute Gasteiger partial charge is 0.355 e. The Bertz CT molecular complexity index is 1830. The van der Waals surface area contributed by atoms with Crippen molar-refractivity contribution in [2.24, 2.45) is 23.7 Å². The molecule has 2 aliphatic heterocycles. The Morgan fingerprint density at radius 2 is 0.675 bits per heavy atom. The zero-order valence-electron chi connectivity index (χ0n) is 20.8. The van der Waals surface area contributed by atoms with Crippen molar-refractivity contribution in [3.63, 3.8) is 0 Å². The van der Waals surface area contributed by atoms with Gasteiger partial charge in [-0.25, -0.2) is 9.97 Å². The number of nitrogens with one attached hydrogen (secondary N) is 2. The number of aromatic amines is 2. The number of aromatic nitrogens is 4. The normalized spacial score (nSPS) is 25.8. The Hall–Kier alpha value is -5.24. The summed E-state index contributed by atoms with van der Waals surface area (Å²) >= 11 is 0. The Labute approximate surface area is 225 Å². The molecule has 0 saturated heterocycles. The van der Waals surface area contributed by atoms with Crippen molar-refractivity contribution in [3.8, 4) is 0 Å². The second kappa shape index (κ2) is 7.24. The smallest absolute Gasteiger partial charge is 0.210 e. The van der Waals surface area contributed by atoms with Crippen LogP contribution in [0.4, 0.5) is 0 Å². The van der Waals surface area contributed by atoms with E-state index in [0.717, 1.165) is 44.4 Å². The summed E-state index contributed by atoms with van der Waals surface area (Å²) in [5.74, 6) is -4.11. The molecule has 0 aromatic carbocycles. The van der Waals surface area contributed by atoms with Gasteiger partial charge in [-0.2, -0.15) is 0 Å². The maximum absolute atomic E-state index is 12.8. The third-order valence-corrected chi connectivity index (χ3v) is 8.65. The van der Waals surface area contributed by atoms with Gasteiger partial charge in [-0.3, -0.25) is 19.2 Å². The number of allylic oxidation sites excluding steroid dienone is 8. The highest BCUT2D eigenvalue weighted by Gasteiger charge is 2.48. The van der Waals surface area contributed by atoms with E-state index in [1.807, 2.05) is 72.8 Å². The number of H-pyrrole nitrogens is 2. The summed E-state index contributed by atoms with van der Waals surface area (Å²) in [6.07, 6.45) is 7.25. The lowest BCUT2D eigenvalue weighted by Gasteiger charge is -2.30. The highest BCUT2D eigenvalue weighted by molar-refractivity contribution is 6.48. The molecule has 190 valence electrons. The summed E-state index contributed by atoms with van der Waals surface area (Å²) in [6.45, 7) is 0. The van der Waals surface area contributed by atoms with Gasteiger partial charge in [0.2, 0.25) is 23.1 Å². The predicted octanol–water partition coefficient (Wildman–Crippen LogP) is 4.04. The number of carbonyl (C=O) groups excluding carboxylic acids is 4. The van der Waals surface area contributed by atoms with Crippen molar-refractivity contribution in [1.82, 2.24) is 19.9 Å². The van der Waals surface area contributed by atoms with Crippen LogP contribution < -0.4 is 0 Å². The molecule has 0 fully saturated rings. The fraction of sp³-hybridized carbons (Fsp3) is 0.125. The molecule has 8 nitrogen and oxygen atoms in total. The number of hydrogen-bond donors (Lipinski definition) is 2. The van der Waals surface area contributed by atoms with E-state index in [1.165, 1.54) is 0 Å². The molecule has 4 atom stereocenters. The molecule has 3 aromatic heterocycles. The number of carbonyl (C=O) groups is 4. The molecule has 6 aliphatic carbocycles. The minimum Gasteiger partial charge on any atom is -0.355 e. The van der Waals surface area contributed by atoms with E-state index in [0.29, 0.717) is 22.8 Å². The van der Waals surface area contributed by atoms with Crippen LogP contribution in [-0.4, -0.2) is 43.1 Å². The van der Waals surface area contributed by atoms with Crippen molar-refractivity contribution in [2.45, 2.75) is 0 Å². The third kappa shape index (κ3) is 2.69. The summed E-state index contributed by atoms with van der Waals surface area (Å²) in [4.78, 5) is 67.8. The average Bonchev–Trinajstić information content (AvgIpc) is 3.73. The van der Waals surface area contributed by atoms with Crippen LogP contribution in [0.15, 0.2) is 72.8 Å². The molecule has 0 saturated carbocycles. The molecule has 8 heteroatoms. The molecule has 11 rings (SSSR count). The minimum atomic E-state index is -0.633. The maximum Gasteiger partial charge on any atom is 0.210 e. The van der Waals surface area contributed by atoms with Crippen LogP contribution >= 0.6 is 0 Å². The number of ketones is 4. The lowest BCUT2D eigenvalue weighted by Crippen LogP contribution is -2.37. The number of fused-ring (bicyclic) bond motifs is 10. The number of rotatable bonds is 0. The highest BCUT2D eigenvalue weighted by atomic mass is 16.2. The van der Waals surface area contributed by atoms with Crippen molar-refractivity contribution < 1.29 is 19.2 Å². The molecule has 8 aliphatic rings. The number of hydrogen-bond acceptors (Lipinski definition) is 6. The second-order valence-corrected chi connectivity index (χ2v) is 10.9. The van der Waals surface area contributed by atoms with Gasteiger partial charge in [0.25, 0.3) is 0 Å². The fourth-order valence-corrected chi connectivity index (χ4v) is 6.90. The monoisotopic (exact) mass is 522 g/mol. The van der Waals surface area contributed by atoms with Crippen molar-refractivity contribution >= 4 is 67.5 Å². The SMILES string of the molecule is O=C1C(=O)[C@H]2C=C[C@H]1C1=C2c2cc3ccc(cc4nc(cc5ccc(cc1n2)[nH]5)C1=C4[C@@H]2C=C[C@@H]1C(=O)C2=O)[nH]3. The third-order valence-electron chi connectivity index (χ3n) is 8.65. The first-order valence-corrected chi connectivity index (χ1v) is 13.2. The first-order chi connectivity index (χ1) is 19.4. The van der Waals surface area contributed by atoms with E-state index in [4.69, 9.17) is 9.97 Å². The van der Waals surface area contributed by atoms with E-state index in [9.17, 15) is 19.2 Å². The Kier molecular flexibility index (Phi) is 3.92. The number of Topliss-reactive ketones (excluding diaryl/α,β-unsaturated/α-hetero) is 4. The zero-order chi connectivity index (χ0) is 26.9. The van der Waals surface area contributed by atoms with E-state index in [2.05, 4.69) is 9.97 Å². The lowest BCUT2D eigenvalue weighted by atomic mass is 9.69. The van der Waals surface area contributed by atoms with Gasteiger partial charge in [0.1, 0.15) is 0 Å². The van der Waals surface area contributed by atoms with E-state index in [-0.39, 0.29) is 0 Å². The van der Waals surface area contributed by atoms with Crippen LogP contribution in [0.25, 0.3) is 44.4 Å². The summed E-state index contributed by atoms with van der Waals surface area (Å²) in [7, 11) is 0. The molecule has 12 bridgehead atoms. The summed E-state index contributed by atoms with van der Waals surface area (Å²) < 4.78 is 0. The molecule has 0 unspecified atom stereocenters.